The lowest BCUT2D eigenvalue weighted by Crippen LogP contribution is -2.21. The maximum Gasteiger partial charge on any atom is 0.280 e. The van der Waals surface area contributed by atoms with Crippen molar-refractivity contribution in [2.75, 3.05) is 6.61 Å². The summed E-state index contributed by atoms with van der Waals surface area (Å²) in [6, 6.07) is 3.16. The van der Waals surface area contributed by atoms with Gasteiger partial charge in [-0.2, -0.15) is 4.98 Å². The van der Waals surface area contributed by atoms with Crippen molar-refractivity contribution in [3.63, 3.8) is 0 Å². The van der Waals surface area contributed by atoms with Crippen molar-refractivity contribution in [2.24, 2.45) is 0 Å². The number of nitrogens with zero attached hydrogens (tertiary/aromatic N) is 3. The van der Waals surface area contributed by atoms with Crippen molar-refractivity contribution in [2.45, 2.75) is 25.4 Å². The highest BCUT2D eigenvalue weighted by Gasteiger charge is 2.37. The first-order valence-electron chi connectivity index (χ1n) is 5.81. The summed E-state index contributed by atoms with van der Waals surface area (Å²) in [7, 11) is 0. The van der Waals surface area contributed by atoms with E-state index in [4.69, 9.17) is 9.26 Å². The average molecular weight is 247 g/mol. The van der Waals surface area contributed by atoms with E-state index in [0.717, 1.165) is 12.8 Å². The zero-order valence-electron chi connectivity index (χ0n) is 9.96. The van der Waals surface area contributed by atoms with Gasteiger partial charge in [0.15, 0.2) is 5.69 Å². The number of pyridine rings is 1. The summed E-state index contributed by atoms with van der Waals surface area (Å²) in [5.74, 6) is 0.727. The molecule has 6 heteroatoms. The van der Waals surface area contributed by atoms with Crippen LogP contribution in [0.3, 0.4) is 0 Å². The molecule has 0 bridgehead atoms. The SMILES string of the molecule is CC1(c2noc(-c3ncccc3O)n2)CCCO1. The molecule has 0 aromatic carbocycles. The summed E-state index contributed by atoms with van der Waals surface area (Å²) in [5, 5.41) is 13.6. The summed E-state index contributed by atoms with van der Waals surface area (Å²) in [4.78, 5) is 8.29. The minimum Gasteiger partial charge on any atom is -0.505 e. The molecule has 1 saturated heterocycles. The van der Waals surface area contributed by atoms with Gasteiger partial charge in [0.2, 0.25) is 5.82 Å². The molecule has 2 aromatic heterocycles. The van der Waals surface area contributed by atoms with Crippen molar-refractivity contribution >= 4 is 0 Å². The Bertz CT molecular complexity index is 561. The molecular weight excluding hydrogens is 234 g/mol. The van der Waals surface area contributed by atoms with Crippen LogP contribution in [-0.4, -0.2) is 26.8 Å². The molecule has 1 N–H and O–H groups in total. The average Bonchev–Trinajstić information content (AvgIpc) is 2.99. The Hall–Kier alpha value is -1.95. The first kappa shape index (κ1) is 11.2. The number of hydrogen-bond acceptors (Lipinski definition) is 6. The maximum atomic E-state index is 9.68. The van der Waals surface area contributed by atoms with Crippen LogP contribution >= 0.6 is 0 Å². The van der Waals surface area contributed by atoms with Crippen molar-refractivity contribution in [1.82, 2.24) is 15.1 Å². The lowest BCUT2D eigenvalue weighted by molar-refractivity contribution is 0.00768. The summed E-state index contributed by atoms with van der Waals surface area (Å²) in [5.41, 5.74) is -0.204. The summed E-state index contributed by atoms with van der Waals surface area (Å²) < 4.78 is 10.8. The standard InChI is InChI=1S/C12H13N3O3/c1-12(5-3-7-17-12)11-14-10(18-15-11)9-8(16)4-2-6-13-9/h2,4,6,16H,3,5,7H2,1H3. The topological polar surface area (TPSA) is 81.3 Å². The Labute approximate surface area is 104 Å². The molecule has 1 aliphatic rings. The smallest absolute Gasteiger partial charge is 0.280 e. The molecule has 1 atom stereocenters. The van der Waals surface area contributed by atoms with E-state index in [1.54, 1.807) is 12.3 Å². The molecule has 18 heavy (non-hydrogen) atoms. The largest absolute Gasteiger partial charge is 0.505 e. The Morgan fingerprint density at radius 2 is 2.33 bits per heavy atom. The fourth-order valence-electron chi connectivity index (χ4n) is 2.05. The van der Waals surface area contributed by atoms with Gasteiger partial charge in [0.1, 0.15) is 11.4 Å². The van der Waals surface area contributed by atoms with Gasteiger partial charge in [0.25, 0.3) is 5.89 Å². The van der Waals surface area contributed by atoms with Gasteiger partial charge >= 0.3 is 0 Å². The summed E-state index contributed by atoms with van der Waals surface area (Å²) >= 11 is 0. The Balaban J connectivity index is 1.97. The molecule has 0 saturated carbocycles. The van der Waals surface area contributed by atoms with Crippen molar-refractivity contribution in [1.29, 1.82) is 0 Å². The van der Waals surface area contributed by atoms with E-state index in [0.29, 0.717) is 12.4 Å². The number of aromatic nitrogens is 3. The summed E-state index contributed by atoms with van der Waals surface area (Å²) in [6.45, 7) is 2.64. The molecule has 0 aliphatic carbocycles. The molecule has 0 spiro atoms. The zero-order chi connectivity index (χ0) is 12.6. The number of rotatable bonds is 2. The number of ether oxygens (including phenoxy) is 1. The fourth-order valence-corrected chi connectivity index (χ4v) is 2.05. The molecule has 94 valence electrons. The fraction of sp³-hybridized carbons (Fsp3) is 0.417. The molecule has 3 rings (SSSR count). The lowest BCUT2D eigenvalue weighted by atomic mass is 10.0. The Morgan fingerprint density at radius 1 is 1.44 bits per heavy atom. The van der Waals surface area contributed by atoms with Crippen molar-refractivity contribution < 1.29 is 14.4 Å². The van der Waals surface area contributed by atoms with Gasteiger partial charge in [-0.25, -0.2) is 4.98 Å². The van der Waals surface area contributed by atoms with Crippen LogP contribution in [-0.2, 0) is 10.3 Å². The molecule has 0 amide bonds. The summed E-state index contributed by atoms with van der Waals surface area (Å²) in [6.07, 6.45) is 3.40. The van der Waals surface area contributed by atoms with Crippen LogP contribution in [0.2, 0.25) is 0 Å². The minimum absolute atomic E-state index is 0.0187. The Morgan fingerprint density at radius 3 is 3.06 bits per heavy atom. The molecular formula is C12H13N3O3. The predicted octanol–water partition coefficient (Wildman–Crippen LogP) is 1.86. The highest BCUT2D eigenvalue weighted by Crippen LogP contribution is 2.35. The second-order valence-electron chi connectivity index (χ2n) is 4.48. The molecule has 2 aromatic rings. The van der Waals surface area contributed by atoms with Crippen LogP contribution in [0.25, 0.3) is 11.6 Å². The molecule has 3 heterocycles. The maximum absolute atomic E-state index is 9.68. The predicted molar refractivity (Wildman–Crippen MR) is 61.7 cm³/mol. The third-order valence-corrected chi connectivity index (χ3v) is 3.11. The number of hydrogen-bond donors (Lipinski definition) is 1. The van der Waals surface area contributed by atoms with E-state index < -0.39 is 5.60 Å². The van der Waals surface area contributed by atoms with E-state index in [9.17, 15) is 5.11 Å². The first-order valence-corrected chi connectivity index (χ1v) is 5.81. The van der Waals surface area contributed by atoms with Crippen LogP contribution < -0.4 is 0 Å². The van der Waals surface area contributed by atoms with Crippen LogP contribution in [0.5, 0.6) is 5.75 Å². The first-order chi connectivity index (χ1) is 8.69. The van der Waals surface area contributed by atoms with E-state index >= 15 is 0 Å². The van der Waals surface area contributed by atoms with E-state index in [-0.39, 0.29) is 17.3 Å². The molecule has 6 nitrogen and oxygen atoms in total. The minimum atomic E-state index is -0.494. The molecule has 1 fully saturated rings. The van der Waals surface area contributed by atoms with Crippen LogP contribution in [0, 0.1) is 0 Å². The molecule has 1 aliphatic heterocycles. The second-order valence-corrected chi connectivity index (χ2v) is 4.48. The monoisotopic (exact) mass is 247 g/mol. The van der Waals surface area contributed by atoms with Gasteiger partial charge in [-0.15, -0.1) is 0 Å². The third kappa shape index (κ3) is 1.74. The van der Waals surface area contributed by atoms with Gasteiger partial charge in [-0.3, -0.25) is 0 Å². The Kier molecular flexibility index (Phi) is 2.52. The number of aromatic hydroxyl groups is 1. The van der Waals surface area contributed by atoms with Crippen LogP contribution in [0.4, 0.5) is 0 Å². The van der Waals surface area contributed by atoms with Crippen LogP contribution in [0.15, 0.2) is 22.9 Å². The van der Waals surface area contributed by atoms with E-state index in [2.05, 4.69) is 15.1 Å². The zero-order valence-corrected chi connectivity index (χ0v) is 9.96. The normalized spacial score (nSPS) is 23.4. The third-order valence-electron chi connectivity index (χ3n) is 3.11. The molecule has 1 unspecified atom stereocenters. The molecule has 0 radical (unpaired) electrons. The quantitative estimate of drug-likeness (QED) is 0.872. The van der Waals surface area contributed by atoms with Crippen LogP contribution in [0.1, 0.15) is 25.6 Å². The van der Waals surface area contributed by atoms with Gasteiger partial charge in [-0.1, -0.05) is 5.16 Å². The van der Waals surface area contributed by atoms with Gasteiger partial charge in [-0.05, 0) is 31.9 Å². The second kappa shape index (κ2) is 4.06. The van der Waals surface area contributed by atoms with Crippen molar-refractivity contribution in [3.05, 3.63) is 24.2 Å². The highest BCUT2D eigenvalue weighted by atomic mass is 16.5. The van der Waals surface area contributed by atoms with Gasteiger partial charge < -0.3 is 14.4 Å². The van der Waals surface area contributed by atoms with Gasteiger partial charge in [0.05, 0.1) is 0 Å². The van der Waals surface area contributed by atoms with Crippen molar-refractivity contribution in [3.8, 4) is 17.3 Å². The van der Waals surface area contributed by atoms with E-state index in [1.165, 1.54) is 6.07 Å². The van der Waals surface area contributed by atoms with Gasteiger partial charge in [0, 0.05) is 12.8 Å². The lowest BCUT2D eigenvalue weighted by Gasteiger charge is -2.17. The van der Waals surface area contributed by atoms with E-state index in [1.807, 2.05) is 6.92 Å². The highest BCUT2D eigenvalue weighted by molar-refractivity contribution is 5.55.